The van der Waals surface area contributed by atoms with Gasteiger partial charge < -0.3 is 24.1 Å². The van der Waals surface area contributed by atoms with Gasteiger partial charge in [0.1, 0.15) is 23.3 Å². The number of ketones is 1. The van der Waals surface area contributed by atoms with Crippen molar-refractivity contribution in [3.05, 3.63) is 99.6 Å². The highest BCUT2D eigenvalue weighted by Gasteiger charge is 2.47. The highest BCUT2D eigenvalue weighted by molar-refractivity contribution is 6.46. The van der Waals surface area contributed by atoms with Crippen molar-refractivity contribution in [2.75, 3.05) is 13.7 Å². The number of aliphatic hydroxyl groups excluding tert-OH is 1. The fourth-order valence-electron chi connectivity index (χ4n) is 4.51. The van der Waals surface area contributed by atoms with Crippen LogP contribution in [0.1, 0.15) is 22.9 Å². The molecule has 1 aliphatic rings. The Labute approximate surface area is 204 Å². The van der Waals surface area contributed by atoms with E-state index in [4.69, 9.17) is 9.15 Å². The Balaban J connectivity index is 1.53. The van der Waals surface area contributed by atoms with Gasteiger partial charge in [0.2, 0.25) is 0 Å². The third-order valence-electron chi connectivity index (χ3n) is 6.28. The predicted molar refractivity (Wildman–Crippen MR) is 129 cm³/mol. The summed E-state index contributed by atoms with van der Waals surface area (Å²) in [5.74, 6) is -1.20. The molecule has 182 valence electrons. The minimum atomic E-state index is -0.987. The van der Waals surface area contributed by atoms with Crippen LogP contribution in [0.4, 0.5) is 5.69 Å². The van der Waals surface area contributed by atoms with Crippen molar-refractivity contribution < 1.29 is 28.8 Å². The first kappa shape index (κ1) is 22.9. The van der Waals surface area contributed by atoms with Gasteiger partial charge in [0.25, 0.3) is 17.4 Å². The van der Waals surface area contributed by atoms with Gasteiger partial charge in [-0.1, -0.05) is 12.1 Å². The lowest BCUT2D eigenvalue weighted by Gasteiger charge is -2.23. The van der Waals surface area contributed by atoms with Gasteiger partial charge in [0.15, 0.2) is 0 Å². The number of hydrogen-bond donors (Lipinski definition) is 2. The zero-order chi connectivity index (χ0) is 25.4. The monoisotopic (exact) mass is 487 g/mol. The number of nitrogens with zero attached hydrogens (tertiary/aromatic N) is 2. The first-order valence-corrected chi connectivity index (χ1v) is 11.1. The molecule has 36 heavy (non-hydrogen) atoms. The number of Topliss-reactive ketones (excluding diaryl/α,β-unsaturated/α-hetero) is 1. The van der Waals surface area contributed by atoms with Crippen molar-refractivity contribution in [2.45, 2.75) is 12.5 Å². The number of non-ortho nitro benzene ring substituents is 1. The lowest BCUT2D eigenvalue weighted by atomic mass is 9.99. The third-order valence-corrected chi connectivity index (χ3v) is 6.28. The Hall–Kier alpha value is -4.86. The summed E-state index contributed by atoms with van der Waals surface area (Å²) in [6.45, 7) is 0.159. The van der Waals surface area contributed by atoms with Crippen molar-refractivity contribution in [3.8, 4) is 5.75 Å². The molecule has 0 aliphatic carbocycles. The van der Waals surface area contributed by atoms with Gasteiger partial charge in [0, 0.05) is 41.3 Å². The quantitative estimate of drug-likeness (QED) is 0.130. The molecule has 0 bridgehead atoms. The number of nitro groups is 1. The van der Waals surface area contributed by atoms with Gasteiger partial charge in [-0.25, -0.2) is 0 Å². The van der Waals surface area contributed by atoms with E-state index in [9.17, 15) is 24.8 Å². The number of amides is 1. The number of H-pyrrole nitrogens is 1. The molecule has 1 fully saturated rings. The van der Waals surface area contributed by atoms with E-state index in [2.05, 4.69) is 4.98 Å². The van der Waals surface area contributed by atoms with Crippen LogP contribution in [0.2, 0.25) is 0 Å². The van der Waals surface area contributed by atoms with Crippen LogP contribution in [0, 0.1) is 10.1 Å². The standard InChI is InChI=1S/C26H21N3O7/c1-35-18-7-8-20-19(13-18)16(14-27-20)9-10-28-23(21-6-3-11-36-21)22(25(31)26(28)32)24(30)15-4-2-5-17(12-15)29(33)34/h2-8,11-14,23,27,30H,9-10H2,1H3/t23-/m1/s1. The molecule has 0 radical (unpaired) electrons. The van der Waals surface area contributed by atoms with Crippen LogP contribution in [-0.2, 0) is 16.0 Å². The summed E-state index contributed by atoms with van der Waals surface area (Å²) in [5, 5.41) is 23.2. The molecule has 2 aromatic carbocycles. The average Bonchev–Trinajstić information content (AvgIpc) is 3.61. The largest absolute Gasteiger partial charge is 0.507 e. The highest BCUT2D eigenvalue weighted by Crippen LogP contribution is 2.40. The van der Waals surface area contributed by atoms with Crippen molar-refractivity contribution in [1.82, 2.24) is 9.88 Å². The minimum Gasteiger partial charge on any atom is -0.507 e. The summed E-state index contributed by atoms with van der Waals surface area (Å²) in [6.07, 6.45) is 3.66. The molecule has 3 heterocycles. The van der Waals surface area contributed by atoms with E-state index in [1.807, 2.05) is 24.4 Å². The predicted octanol–water partition coefficient (Wildman–Crippen LogP) is 4.34. The second kappa shape index (κ2) is 9.06. The van der Waals surface area contributed by atoms with Gasteiger partial charge >= 0.3 is 0 Å². The molecule has 0 spiro atoms. The number of rotatable bonds is 7. The van der Waals surface area contributed by atoms with Crippen LogP contribution in [0.25, 0.3) is 16.7 Å². The molecule has 0 saturated carbocycles. The van der Waals surface area contributed by atoms with Crippen LogP contribution in [0.3, 0.4) is 0 Å². The molecule has 10 nitrogen and oxygen atoms in total. The number of aromatic nitrogens is 1. The number of ether oxygens (including phenoxy) is 1. The lowest BCUT2D eigenvalue weighted by Crippen LogP contribution is -2.31. The Morgan fingerprint density at radius 1 is 1.19 bits per heavy atom. The Bertz CT molecular complexity index is 1520. The molecule has 1 atom stereocenters. The first-order chi connectivity index (χ1) is 17.4. The Morgan fingerprint density at radius 2 is 2.03 bits per heavy atom. The number of furan rings is 1. The molecule has 2 aromatic heterocycles. The first-order valence-electron chi connectivity index (χ1n) is 11.1. The van der Waals surface area contributed by atoms with Gasteiger partial charge in [-0.15, -0.1) is 0 Å². The minimum absolute atomic E-state index is 0.0579. The number of carbonyl (C=O) groups is 2. The van der Waals surface area contributed by atoms with Gasteiger partial charge in [-0.3, -0.25) is 19.7 Å². The number of benzene rings is 2. The van der Waals surface area contributed by atoms with Crippen LogP contribution in [0.15, 0.2) is 77.0 Å². The van der Waals surface area contributed by atoms with Gasteiger partial charge in [-0.2, -0.15) is 0 Å². The van der Waals surface area contributed by atoms with Crippen LogP contribution in [0.5, 0.6) is 5.75 Å². The number of nitrogens with one attached hydrogen (secondary N) is 1. The summed E-state index contributed by atoms with van der Waals surface area (Å²) < 4.78 is 10.9. The average molecular weight is 487 g/mol. The van der Waals surface area contributed by atoms with Crippen molar-refractivity contribution in [1.29, 1.82) is 0 Å². The number of aliphatic hydroxyl groups is 1. The zero-order valence-electron chi connectivity index (χ0n) is 19.1. The fourth-order valence-corrected chi connectivity index (χ4v) is 4.51. The summed E-state index contributed by atoms with van der Waals surface area (Å²) in [7, 11) is 1.58. The summed E-state index contributed by atoms with van der Waals surface area (Å²) >= 11 is 0. The topological polar surface area (TPSA) is 139 Å². The molecule has 2 N–H and O–H groups in total. The number of hydrogen-bond acceptors (Lipinski definition) is 7. The van der Waals surface area contributed by atoms with E-state index in [0.29, 0.717) is 17.9 Å². The normalized spacial score (nSPS) is 17.1. The van der Waals surface area contributed by atoms with Gasteiger partial charge in [0.05, 0.1) is 23.9 Å². The van der Waals surface area contributed by atoms with E-state index in [1.165, 1.54) is 29.4 Å². The lowest BCUT2D eigenvalue weighted by molar-refractivity contribution is -0.384. The maximum absolute atomic E-state index is 13.1. The molecule has 1 amide bonds. The number of fused-ring (bicyclic) bond motifs is 1. The third kappa shape index (κ3) is 3.88. The SMILES string of the molecule is COc1ccc2[nH]cc(CCN3C(=O)C(=O)C(=C(O)c4cccc([N+](=O)[O-])c4)[C@H]3c3ccco3)c2c1. The van der Waals surface area contributed by atoms with Crippen LogP contribution >= 0.6 is 0 Å². The number of carbonyl (C=O) groups excluding carboxylic acids is 2. The summed E-state index contributed by atoms with van der Waals surface area (Å²) in [5.41, 5.74) is 1.44. The molecule has 4 aromatic rings. The van der Waals surface area contributed by atoms with Crippen molar-refractivity contribution >= 4 is 34.0 Å². The summed E-state index contributed by atoms with van der Waals surface area (Å²) in [6, 6.07) is 13.1. The highest BCUT2D eigenvalue weighted by atomic mass is 16.6. The van der Waals surface area contributed by atoms with E-state index >= 15 is 0 Å². The molecule has 0 unspecified atom stereocenters. The molecule has 10 heteroatoms. The molecular formula is C26H21N3O7. The second-order valence-electron chi connectivity index (χ2n) is 8.29. The van der Waals surface area contributed by atoms with Gasteiger partial charge in [-0.05, 0) is 42.3 Å². The molecule has 5 rings (SSSR count). The molecule has 1 saturated heterocycles. The van der Waals surface area contributed by atoms with E-state index in [0.717, 1.165) is 22.5 Å². The maximum atomic E-state index is 13.1. The Kier molecular flexibility index (Phi) is 5.77. The van der Waals surface area contributed by atoms with E-state index in [-0.39, 0.29) is 23.4 Å². The van der Waals surface area contributed by atoms with E-state index in [1.54, 1.807) is 19.2 Å². The maximum Gasteiger partial charge on any atom is 0.295 e. The van der Waals surface area contributed by atoms with E-state index < -0.39 is 28.4 Å². The number of aromatic amines is 1. The number of methoxy groups -OCH3 is 1. The fraction of sp³-hybridized carbons (Fsp3) is 0.154. The molecule has 1 aliphatic heterocycles. The van der Waals surface area contributed by atoms with Crippen molar-refractivity contribution in [2.24, 2.45) is 0 Å². The number of nitro benzene ring substituents is 1. The van der Waals surface area contributed by atoms with Crippen molar-refractivity contribution in [3.63, 3.8) is 0 Å². The smallest absolute Gasteiger partial charge is 0.295 e. The molecular weight excluding hydrogens is 466 g/mol. The second-order valence-corrected chi connectivity index (χ2v) is 8.29. The zero-order valence-corrected chi connectivity index (χ0v) is 19.1. The number of likely N-dealkylation sites (tertiary alicyclic amines) is 1. The van der Waals surface area contributed by atoms with Crippen LogP contribution < -0.4 is 4.74 Å². The van der Waals surface area contributed by atoms with Crippen LogP contribution in [-0.4, -0.2) is 45.3 Å². The Morgan fingerprint density at radius 3 is 2.75 bits per heavy atom. The summed E-state index contributed by atoms with van der Waals surface area (Å²) in [4.78, 5) is 41.4.